The topological polar surface area (TPSA) is 27.7 Å². The largest absolute Gasteiger partial charge is 0.496 e. The number of hydrogen-bond donors (Lipinski definition) is 0. The average molecular weight is 360 g/mol. The summed E-state index contributed by atoms with van der Waals surface area (Å²) in [5, 5.41) is 0. The Morgan fingerprint density at radius 1 is 0.846 bits per heavy atom. The standard InChI is InChI=1S/C22H37BO3/c1-19(2,3)16-12-15(13-17(18(16)24-11)20(4,5)6)14-23-25-21(7,8)22(9,10)26-23/h12-13H,14H2,1-11H3. The van der Waals surface area contributed by atoms with Gasteiger partial charge in [-0.25, -0.2) is 0 Å². The second kappa shape index (κ2) is 6.56. The maximum absolute atomic E-state index is 6.22. The molecule has 1 saturated heterocycles. The van der Waals surface area contributed by atoms with E-state index >= 15 is 0 Å². The highest BCUT2D eigenvalue weighted by atomic mass is 16.7. The molecule has 1 aromatic carbocycles. The molecular formula is C22H37BO3. The Kier molecular flexibility index (Phi) is 5.38. The first-order valence-corrected chi connectivity index (χ1v) is 9.66. The molecule has 4 heteroatoms. The third kappa shape index (κ3) is 4.12. The normalized spacial score (nSPS) is 19.7. The minimum atomic E-state index is -0.302. The van der Waals surface area contributed by atoms with E-state index in [9.17, 15) is 0 Å². The van der Waals surface area contributed by atoms with Crippen molar-refractivity contribution in [2.75, 3.05) is 7.11 Å². The maximum Gasteiger partial charge on any atom is 0.462 e. The lowest BCUT2D eigenvalue weighted by Crippen LogP contribution is -2.41. The van der Waals surface area contributed by atoms with Crippen molar-refractivity contribution in [3.8, 4) is 5.75 Å². The van der Waals surface area contributed by atoms with Crippen LogP contribution in [0.1, 0.15) is 85.9 Å². The van der Waals surface area contributed by atoms with Crippen molar-refractivity contribution < 1.29 is 14.0 Å². The molecule has 0 bridgehead atoms. The van der Waals surface area contributed by atoms with Gasteiger partial charge in [0.2, 0.25) is 0 Å². The van der Waals surface area contributed by atoms with Crippen molar-refractivity contribution in [1.82, 2.24) is 0 Å². The molecule has 146 valence electrons. The van der Waals surface area contributed by atoms with Gasteiger partial charge >= 0.3 is 7.12 Å². The highest BCUT2D eigenvalue weighted by Gasteiger charge is 2.50. The maximum atomic E-state index is 6.22. The van der Waals surface area contributed by atoms with Gasteiger partial charge in [0.05, 0.1) is 18.3 Å². The van der Waals surface area contributed by atoms with Crippen LogP contribution in [0.4, 0.5) is 0 Å². The van der Waals surface area contributed by atoms with Gasteiger partial charge in [-0.3, -0.25) is 0 Å². The van der Waals surface area contributed by atoms with Crippen LogP contribution in [-0.4, -0.2) is 25.4 Å². The second-order valence-electron chi connectivity index (χ2n) is 10.6. The van der Waals surface area contributed by atoms with Gasteiger partial charge in [-0.1, -0.05) is 53.7 Å². The molecule has 3 nitrogen and oxygen atoms in total. The number of methoxy groups -OCH3 is 1. The summed E-state index contributed by atoms with van der Waals surface area (Å²) in [5.41, 5.74) is 3.10. The molecule has 1 aliphatic heterocycles. The molecule has 0 unspecified atom stereocenters. The van der Waals surface area contributed by atoms with Gasteiger partial charge in [0.25, 0.3) is 0 Å². The molecule has 0 amide bonds. The fourth-order valence-electron chi connectivity index (χ4n) is 3.38. The van der Waals surface area contributed by atoms with Crippen LogP contribution in [-0.2, 0) is 26.5 Å². The van der Waals surface area contributed by atoms with E-state index in [2.05, 4.69) is 81.4 Å². The van der Waals surface area contributed by atoms with Crippen LogP contribution in [0, 0.1) is 0 Å². The summed E-state index contributed by atoms with van der Waals surface area (Å²) >= 11 is 0. The molecule has 0 atom stereocenters. The quantitative estimate of drug-likeness (QED) is 0.670. The van der Waals surface area contributed by atoms with E-state index < -0.39 is 0 Å². The monoisotopic (exact) mass is 360 g/mol. The molecule has 0 saturated carbocycles. The summed E-state index contributed by atoms with van der Waals surface area (Å²) in [6, 6.07) is 4.53. The summed E-state index contributed by atoms with van der Waals surface area (Å²) in [6.07, 6.45) is 0.739. The predicted octanol–water partition coefficient (Wildman–Crippen LogP) is 5.46. The lowest BCUT2D eigenvalue weighted by molar-refractivity contribution is 0.00578. The van der Waals surface area contributed by atoms with Crippen molar-refractivity contribution >= 4 is 7.12 Å². The Labute approximate surface area is 160 Å². The van der Waals surface area contributed by atoms with Gasteiger partial charge in [0, 0.05) is 17.4 Å². The lowest BCUT2D eigenvalue weighted by atomic mass is 9.74. The van der Waals surface area contributed by atoms with E-state index in [1.54, 1.807) is 7.11 Å². The van der Waals surface area contributed by atoms with Crippen LogP contribution in [0.25, 0.3) is 0 Å². The highest BCUT2D eigenvalue weighted by Crippen LogP contribution is 2.42. The van der Waals surface area contributed by atoms with Crippen molar-refractivity contribution in [3.63, 3.8) is 0 Å². The SMILES string of the molecule is COc1c(C(C)(C)C)cc(CB2OC(C)(C)C(C)(C)O2)cc1C(C)(C)C. The van der Waals surface area contributed by atoms with E-state index in [0.29, 0.717) is 0 Å². The number of hydrogen-bond acceptors (Lipinski definition) is 3. The Hall–Kier alpha value is -0.995. The molecule has 1 heterocycles. The molecule has 1 aliphatic rings. The fourth-order valence-corrected chi connectivity index (χ4v) is 3.38. The summed E-state index contributed by atoms with van der Waals surface area (Å²) < 4.78 is 18.3. The van der Waals surface area contributed by atoms with Crippen molar-refractivity contribution in [2.24, 2.45) is 0 Å². The molecule has 1 fully saturated rings. The van der Waals surface area contributed by atoms with Gasteiger partial charge in [0.1, 0.15) is 5.75 Å². The van der Waals surface area contributed by atoms with E-state index in [0.717, 1.165) is 12.1 Å². The van der Waals surface area contributed by atoms with E-state index in [1.807, 2.05) is 0 Å². The first-order chi connectivity index (χ1) is 11.6. The zero-order valence-corrected chi connectivity index (χ0v) is 18.7. The molecule has 0 aromatic heterocycles. The van der Waals surface area contributed by atoms with Crippen LogP contribution in [0.2, 0.25) is 0 Å². The fraction of sp³-hybridized carbons (Fsp3) is 0.727. The van der Waals surface area contributed by atoms with Crippen LogP contribution < -0.4 is 4.74 Å². The summed E-state index contributed by atoms with van der Waals surface area (Å²) in [6.45, 7) is 21.8. The van der Waals surface area contributed by atoms with Gasteiger partial charge in [-0.2, -0.15) is 0 Å². The lowest BCUT2D eigenvalue weighted by Gasteiger charge is -2.32. The third-order valence-electron chi connectivity index (χ3n) is 5.67. The van der Waals surface area contributed by atoms with Crippen LogP contribution in [0.15, 0.2) is 12.1 Å². The molecular weight excluding hydrogens is 323 g/mol. The minimum absolute atomic E-state index is 0.00269. The zero-order chi connectivity index (χ0) is 20.1. The number of rotatable bonds is 3. The molecule has 1 aromatic rings. The van der Waals surface area contributed by atoms with Crippen LogP contribution >= 0.6 is 0 Å². The van der Waals surface area contributed by atoms with Crippen molar-refractivity contribution in [3.05, 3.63) is 28.8 Å². The second-order valence-corrected chi connectivity index (χ2v) is 10.6. The van der Waals surface area contributed by atoms with Gasteiger partial charge < -0.3 is 14.0 Å². The highest BCUT2D eigenvalue weighted by molar-refractivity contribution is 6.45. The average Bonchev–Trinajstić information content (AvgIpc) is 2.63. The summed E-state index contributed by atoms with van der Waals surface area (Å²) in [4.78, 5) is 0. The number of benzene rings is 1. The molecule has 0 spiro atoms. The Morgan fingerprint density at radius 2 is 1.23 bits per heavy atom. The summed E-state index contributed by atoms with van der Waals surface area (Å²) in [7, 11) is 1.54. The molecule has 26 heavy (non-hydrogen) atoms. The minimum Gasteiger partial charge on any atom is -0.496 e. The molecule has 0 aliphatic carbocycles. The smallest absolute Gasteiger partial charge is 0.462 e. The van der Waals surface area contributed by atoms with Crippen LogP contribution in [0.5, 0.6) is 5.75 Å². The molecule has 2 rings (SSSR count). The van der Waals surface area contributed by atoms with Gasteiger partial charge in [-0.05, 0) is 44.1 Å². The Balaban J connectivity index is 2.47. The predicted molar refractivity (Wildman–Crippen MR) is 110 cm³/mol. The zero-order valence-electron chi connectivity index (χ0n) is 18.7. The van der Waals surface area contributed by atoms with E-state index in [4.69, 9.17) is 14.0 Å². The van der Waals surface area contributed by atoms with Gasteiger partial charge in [-0.15, -0.1) is 0 Å². The first kappa shape index (κ1) is 21.3. The van der Waals surface area contributed by atoms with Crippen molar-refractivity contribution in [1.29, 1.82) is 0 Å². The summed E-state index contributed by atoms with van der Waals surface area (Å²) in [5.74, 6) is 1.00. The Morgan fingerprint density at radius 3 is 1.54 bits per heavy atom. The molecule has 0 N–H and O–H groups in total. The number of ether oxygens (including phenoxy) is 1. The Bertz CT molecular complexity index is 612. The molecule has 0 radical (unpaired) electrons. The van der Waals surface area contributed by atoms with Gasteiger partial charge in [0.15, 0.2) is 0 Å². The first-order valence-electron chi connectivity index (χ1n) is 9.66. The van der Waals surface area contributed by atoms with Crippen LogP contribution in [0.3, 0.4) is 0 Å². The van der Waals surface area contributed by atoms with Crippen molar-refractivity contribution in [2.45, 2.75) is 97.6 Å². The van der Waals surface area contributed by atoms with E-state index in [-0.39, 0.29) is 29.2 Å². The third-order valence-corrected chi connectivity index (χ3v) is 5.67. The van der Waals surface area contributed by atoms with E-state index in [1.165, 1.54) is 16.7 Å².